The maximum atomic E-state index is 14.3. The minimum Gasteiger partial charge on any atom is -0.352 e. The van der Waals surface area contributed by atoms with Crippen LogP contribution in [0.15, 0.2) is 84.9 Å². The SMILES string of the molecule is CC[C@@H](C)NC(=O)[C@H](Cc1ccccc1)N(Cc1c(Cl)cccc1Cl)C(=O)CN1C(=O)c2cccc3cccc1c23. The van der Waals surface area contributed by atoms with Crippen molar-refractivity contribution in [1.29, 1.82) is 0 Å². The summed E-state index contributed by atoms with van der Waals surface area (Å²) in [5, 5.41) is 5.59. The molecule has 0 radical (unpaired) electrons. The lowest BCUT2D eigenvalue weighted by molar-refractivity contribution is -0.140. The normalized spacial score (nSPS) is 13.8. The van der Waals surface area contributed by atoms with Gasteiger partial charge in [0.05, 0.1) is 5.69 Å². The number of carbonyl (C=O) groups is 3. The third kappa shape index (κ3) is 5.95. The van der Waals surface area contributed by atoms with Crippen LogP contribution in [0.1, 0.15) is 41.8 Å². The molecule has 2 atom stereocenters. The minimum absolute atomic E-state index is 0.00193. The lowest BCUT2D eigenvalue weighted by atomic mass is 10.0. The van der Waals surface area contributed by atoms with Crippen molar-refractivity contribution in [2.24, 2.45) is 0 Å². The molecule has 4 aromatic carbocycles. The lowest BCUT2D eigenvalue weighted by Crippen LogP contribution is -2.54. The first-order valence-electron chi connectivity index (χ1n) is 13.7. The number of amides is 3. The van der Waals surface area contributed by atoms with E-state index in [-0.39, 0.29) is 43.3 Å². The summed E-state index contributed by atoms with van der Waals surface area (Å²) in [6, 6.07) is 25.0. The summed E-state index contributed by atoms with van der Waals surface area (Å²) < 4.78 is 0. The molecule has 41 heavy (non-hydrogen) atoms. The van der Waals surface area contributed by atoms with Crippen LogP contribution in [0.5, 0.6) is 0 Å². The van der Waals surface area contributed by atoms with E-state index in [0.29, 0.717) is 26.9 Å². The summed E-state index contributed by atoms with van der Waals surface area (Å²) >= 11 is 13.1. The molecular weight excluding hydrogens is 557 g/mol. The van der Waals surface area contributed by atoms with Gasteiger partial charge in [0.15, 0.2) is 0 Å². The first-order valence-corrected chi connectivity index (χ1v) is 14.4. The van der Waals surface area contributed by atoms with Crippen molar-refractivity contribution in [2.75, 3.05) is 11.4 Å². The van der Waals surface area contributed by atoms with Crippen LogP contribution in [0.3, 0.4) is 0 Å². The number of hydrogen-bond acceptors (Lipinski definition) is 3. The number of nitrogens with zero attached hydrogens (tertiary/aromatic N) is 2. The highest BCUT2D eigenvalue weighted by molar-refractivity contribution is 6.36. The molecule has 0 aliphatic carbocycles. The van der Waals surface area contributed by atoms with E-state index < -0.39 is 6.04 Å². The second-order valence-corrected chi connectivity index (χ2v) is 11.1. The van der Waals surface area contributed by atoms with Gasteiger partial charge in [0, 0.05) is 45.6 Å². The van der Waals surface area contributed by atoms with Crippen molar-refractivity contribution in [3.05, 3.63) is 112 Å². The zero-order valence-corrected chi connectivity index (χ0v) is 24.5. The second kappa shape index (κ2) is 12.3. The number of halogens is 2. The van der Waals surface area contributed by atoms with Gasteiger partial charge in [-0.05, 0) is 48.6 Å². The molecule has 0 saturated heterocycles. The van der Waals surface area contributed by atoms with Crippen molar-refractivity contribution in [2.45, 2.75) is 45.3 Å². The molecule has 4 aromatic rings. The van der Waals surface area contributed by atoms with Crippen LogP contribution in [-0.4, -0.2) is 41.2 Å². The van der Waals surface area contributed by atoms with E-state index in [1.54, 1.807) is 24.3 Å². The van der Waals surface area contributed by atoms with E-state index in [1.165, 1.54) is 9.80 Å². The van der Waals surface area contributed by atoms with Crippen LogP contribution in [-0.2, 0) is 22.6 Å². The van der Waals surface area contributed by atoms with E-state index in [9.17, 15) is 14.4 Å². The third-order valence-corrected chi connectivity index (χ3v) is 8.31. The van der Waals surface area contributed by atoms with E-state index in [1.807, 2.05) is 74.5 Å². The van der Waals surface area contributed by atoms with Crippen molar-refractivity contribution in [3.8, 4) is 0 Å². The van der Waals surface area contributed by atoms with Crippen molar-refractivity contribution >= 4 is 57.4 Å². The van der Waals surface area contributed by atoms with Crippen LogP contribution in [0, 0.1) is 0 Å². The molecule has 0 saturated carbocycles. The van der Waals surface area contributed by atoms with Gasteiger partial charge in [0.2, 0.25) is 11.8 Å². The molecular formula is C33H31Cl2N3O3. The Morgan fingerprint density at radius 3 is 2.24 bits per heavy atom. The highest BCUT2D eigenvalue weighted by Gasteiger charge is 2.36. The molecule has 0 aromatic heterocycles. The fraction of sp³-hybridized carbons (Fsp3) is 0.242. The molecule has 0 unspecified atom stereocenters. The van der Waals surface area contributed by atoms with Crippen molar-refractivity contribution in [3.63, 3.8) is 0 Å². The average Bonchev–Trinajstić information content (AvgIpc) is 3.24. The number of benzene rings is 4. The largest absolute Gasteiger partial charge is 0.352 e. The summed E-state index contributed by atoms with van der Waals surface area (Å²) in [5.74, 6) is -0.915. The molecule has 1 aliphatic heterocycles. The molecule has 0 bridgehead atoms. The molecule has 1 heterocycles. The Balaban J connectivity index is 1.54. The minimum atomic E-state index is -0.873. The Labute approximate surface area is 249 Å². The van der Waals surface area contributed by atoms with Crippen LogP contribution in [0.4, 0.5) is 5.69 Å². The van der Waals surface area contributed by atoms with E-state index >= 15 is 0 Å². The van der Waals surface area contributed by atoms with Gasteiger partial charge in [-0.15, -0.1) is 0 Å². The summed E-state index contributed by atoms with van der Waals surface area (Å²) in [6.07, 6.45) is 1.01. The fourth-order valence-corrected chi connectivity index (χ4v) is 5.73. The van der Waals surface area contributed by atoms with Gasteiger partial charge >= 0.3 is 0 Å². The van der Waals surface area contributed by atoms with E-state index in [4.69, 9.17) is 23.2 Å². The van der Waals surface area contributed by atoms with E-state index in [2.05, 4.69) is 5.32 Å². The highest BCUT2D eigenvalue weighted by atomic mass is 35.5. The van der Waals surface area contributed by atoms with Gasteiger partial charge in [-0.2, -0.15) is 0 Å². The molecule has 5 rings (SSSR count). The summed E-state index contributed by atoms with van der Waals surface area (Å²) in [7, 11) is 0. The predicted molar refractivity (Wildman–Crippen MR) is 164 cm³/mol. The number of nitrogens with one attached hydrogen (secondary N) is 1. The molecule has 1 N–H and O–H groups in total. The average molecular weight is 589 g/mol. The summed E-state index contributed by atoms with van der Waals surface area (Å²) in [5.41, 5.74) is 2.67. The Morgan fingerprint density at radius 2 is 1.56 bits per heavy atom. The van der Waals surface area contributed by atoms with E-state index in [0.717, 1.165) is 22.8 Å². The molecule has 0 spiro atoms. The van der Waals surface area contributed by atoms with Crippen molar-refractivity contribution in [1.82, 2.24) is 10.2 Å². The maximum Gasteiger partial charge on any atom is 0.259 e. The Hall–Kier alpha value is -3.87. The Bertz CT molecular complexity index is 1580. The number of carbonyl (C=O) groups excluding carboxylic acids is 3. The van der Waals surface area contributed by atoms with Gasteiger partial charge in [0.25, 0.3) is 5.91 Å². The van der Waals surface area contributed by atoms with Crippen LogP contribution in [0.25, 0.3) is 10.8 Å². The van der Waals surface area contributed by atoms with Crippen LogP contribution >= 0.6 is 23.2 Å². The van der Waals surface area contributed by atoms with Gasteiger partial charge in [-0.1, -0.05) is 90.8 Å². The predicted octanol–water partition coefficient (Wildman–Crippen LogP) is 6.66. The topological polar surface area (TPSA) is 69.7 Å². The zero-order valence-electron chi connectivity index (χ0n) is 22.9. The summed E-state index contributed by atoms with van der Waals surface area (Å²) in [4.78, 5) is 44.6. The van der Waals surface area contributed by atoms with Gasteiger partial charge in [-0.25, -0.2) is 0 Å². The second-order valence-electron chi connectivity index (χ2n) is 10.3. The molecule has 6 nitrogen and oxygen atoms in total. The Morgan fingerprint density at radius 1 is 0.902 bits per heavy atom. The molecule has 3 amide bonds. The highest BCUT2D eigenvalue weighted by Crippen LogP contribution is 2.37. The lowest BCUT2D eigenvalue weighted by Gasteiger charge is -2.34. The first kappa shape index (κ1) is 28.7. The van der Waals surface area contributed by atoms with Crippen LogP contribution in [0.2, 0.25) is 10.0 Å². The monoisotopic (exact) mass is 587 g/mol. The summed E-state index contributed by atoms with van der Waals surface area (Å²) in [6.45, 7) is 3.68. The molecule has 1 aliphatic rings. The van der Waals surface area contributed by atoms with Gasteiger partial charge in [0.1, 0.15) is 12.6 Å². The molecule has 8 heteroatoms. The number of hydrogen-bond donors (Lipinski definition) is 1. The smallest absolute Gasteiger partial charge is 0.259 e. The van der Waals surface area contributed by atoms with Gasteiger partial charge < -0.3 is 10.2 Å². The quantitative estimate of drug-likeness (QED) is 0.225. The number of rotatable bonds is 10. The maximum absolute atomic E-state index is 14.3. The first-order chi connectivity index (χ1) is 19.8. The Kier molecular flexibility index (Phi) is 8.62. The third-order valence-electron chi connectivity index (χ3n) is 7.60. The molecule has 0 fully saturated rings. The fourth-order valence-electron chi connectivity index (χ4n) is 5.21. The molecule has 210 valence electrons. The van der Waals surface area contributed by atoms with Gasteiger partial charge in [-0.3, -0.25) is 19.3 Å². The number of anilines is 1. The standard InChI is InChI=1S/C33H31Cl2N3O3/c1-3-21(2)36-32(40)29(18-22-10-5-4-6-11-22)37(19-25-26(34)15-9-16-27(25)35)30(39)20-38-28-17-8-13-23-12-7-14-24(31(23)28)33(38)41/h4-17,21,29H,3,18-20H2,1-2H3,(H,36,40)/t21-,29+/m1/s1. The zero-order chi connectivity index (χ0) is 29.1. The van der Waals surface area contributed by atoms with Crippen LogP contribution < -0.4 is 10.2 Å². The van der Waals surface area contributed by atoms with Crippen molar-refractivity contribution < 1.29 is 14.4 Å².